The molecule has 0 heterocycles. The summed E-state index contributed by atoms with van der Waals surface area (Å²) in [5, 5.41) is 0. The zero-order valence-electron chi connectivity index (χ0n) is 20.1. The number of hydrogen-bond acceptors (Lipinski definition) is 4. The maximum Gasteiger partial charge on any atom is 0.339 e. The maximum atomic E-state index is 12.4. The highest BCUT2D eigenvalue weighted by Crippen LogP contribution is 2.14. The Hall–Kier alpha value is -1.84. The molecule has 1 rings (SSSR count). The van der Waals surface area contributed by atoms with Crippen molar-refractivity contribution >= 4 is 11.9 Å². The fourth-order valence-electron chi connectivity index (χ4n) is 3.58. The Morgan fingerprint density at radius 2 is 1.10 bits per heavy atom. The van der Waals surface area contributed by atoms with Crippen molar-refractivity contribution in [3.63, 3.8) is 0 Å². The molecule has 0 atom stereocenters. The number of rotatable bonds is 18. The Bertz CT molecular complexity index is 609. The highest BCUT2D eigenvalue weighted by molar-refractivity contribution is 6.03. The predicted molar refractivity (Wildman–Crippen MR) is 128 cm³/mol. The van der Waals surface area contributed by atoms with Crippen LogP contribution >= 0.6 is 0 Å². The third-order valence-corrected chi connectivity index (χ3v) is 5.51. The first-order valence-corrected chi connectivity index (χ1v) is 12.5. The van der Waals surface area contributed by atoms with Gasteiger partial charge < -0.3 is 9.47 Å². The third kappa shape index (κ3) is 13.2. The Balaban J connectivity index is 2.21. The van der Waals surface area contributed by atoms with Gasteiger partial charge in [0, 0.05) is 0 Å². The molecule has 176 valence electrons. The van der Waals surface area contributed by atoms with Crippen LogP contribution in [0, 0.1) is 5.92 Å². The standard InChI is InChI=1S/C27H44O4/c1-4-5-6-7-8-9-10-11-12-13-16-21-30-26(28)24-19-14-15-20-25(24)27(29)31-22-17-18-23(2)3/h14-15,19-20,23H,4-13,16-18,21-22H2,1-3H3. The molecular formula is C27H44O4. The van der Waals surface area contributed by atoms with E-state index in [2.05, 4.69) is 20.8 Å². The first-order chi connectivity index (χ1) is 15.1. The van der Waals surface area contributed by atoms with E-state index < -0.39 is 11.9 Å². The van der Waals surface area contributed by atoms with Crippen LogP contribution < -0.4 is 0 Å². The van der Waals surface area contributed by atoms with Crippen molar-refractivity contribution < 1.29 is 19.1 Å². The molecule has 0 amide bonds. The van der Waals surface area contributed by atoms with Crippen molar-refractivity contribution in [3.8, 4) is 0 Å². The van der Waals surface area contributed by atoms with Crippen LogP contribution in [0.4, 0.5) is 0 Å². The summed E-state index contributed by atoms with van der Waals surface area (Å²) in [6.45, 7) is 7.30. The van der Waals surface area contributed by atoms with E-state index in [4.69, 9.17) is 9.47 Å². The summed E-state index contributed by atoms with van der Waals surface area (Å²) in [4.78, 5) is 24.8. The number of carbonyl (C=O) groups is 2. The van der Waals surface area contributed by atoms with Crippen LogP contribution in [0.5, 0.6) is 0 Å². The van der Waals surface area contributed by atoms with E-state index in [1.165, 1.54) is 57.8 Å². The average molecular weight is 433 g/mol. The molecular weight excluding hydrogens is 388 g/mol. The molecule has 0 saturated heterocycles. The molecule has 0 saturated carbocycles. The molecule has 1 aromatic rings. The summed E-state index contributed by atoms with van der Waals surface area (Å²) < 4.78 is 10.8. The Kier molecular flexibility index (Phi) is 15.6. The van der Waals surface area contributed by atoms with Crippen molar-refractivity contribution in [1.29, 1.82) is 0 Å². The van der Waals surface area contributed by atoms with Gasteiger partial charge in [0.05, 0.1) is 24.3 Å². The van der Waals surface area contributed by atoms with E-state index in [0.717, 1.165) is 25.7 Å². The van der Waals surface area contributed by atoms with E-state index in [1.54, 1.807) is 24.3 Å². The molecule has 4 heteroatoms. The number of esters is 2. The maximum absolute atomic E-state index is 12.4. The van der Waals surface area contributed by atoms with Crippen LogP contribution in [0.25, 0.3) is 0 Å². The minimum Gasteiger partial charge on any atom is -0.462 e. The monoisotopic (exact) mass is 432 g/mol. The van der Waals surface area contributed by atoms with E-state index >= 15 is 0 Å². The van der Waals surface area contributed by atoms with Crippen LogP contribution in [0.15, 0.2) is 24.3 Å². The quantitative estimate of drug-likeness (QED) is 0.176. The molecule has 0 radical (unpaired) electrons. The molecule has 0 fully saturated rings. The number of unbranched alkanes of at least 4 members (excludes halogenated alkanes) is 10. The molecule has 0 aliphatic heterocycles. The minimum absolute atomic E-state index is 0.288. The lowest BCUT2D eigenvalue weighted by atomic mass is 10.1. The number of ether oxygens (including phenoxy) is 2. The molecule has 0 aliphatic rings. The van der Waals surface area contributed by atoms with Gasteiger partial charge >= 0.3 is 11.9 Å². The molecule has 0 aliphatic carbocycles. The SMILES string of the molecule is CCCCCCCCCCCCCOC(=O)c1ccccc1C(=O)OCCCC(C)C. The van der Waals surface area contributed by atoms with Gasteiger partial charge in [-0.25, -0.2) is 9.59 Å². The zero-order valence-corrected chi connectivity index (χ0v) is 20.1. The van der Waals surface area contributed by atoms with Crippen LogP contribution in [-0.2, 0) is 9.47 Å². The molecule has 1 aromatic carbocycles. The van der Waals surface area contributed by atoms with Crippen molar-refractivity contribution in [1.82, 2.24) is 0 Å². The number of benzene rings is 1. The molecule has 0 N–H and O–H groups in total. The average Bonchev–Trinajstić information content (AvgIpc) is 2.77. The summed E-state index contributed by atoms with van der Waals surface area (Å²) in [5.41, 5.74) is 0.579. The Labute approximate surface area is 190 Å². The Morgan fingerprint density at radius 3 is 1.55 bits per heavy atom. The van der Waals surface area contributed by atoms with Gasteiger partial charge in [0.1, 0.15) is 0 Å². The van der Waals surface area contributed by atoms with E-state index in [0.29, 0.717) is 24.7 Å². The zero-order chi connectivity index (χ0) is 22.7. The first-order valence-electron chi connectivity index (χ1n) is 12.5. The molecule has 0 aromatic heterocycles. The van der Waals surface area contributed by atoms with Gasteiger partial charge in [0.15, 0.2) is 0 Å². The fraction of sp³-hybridized carbons (Fsp3) is 0.704. The summed E-state index contributed by atoms with van der Waals surface area (Å²) in [6.07, 6.45) is 15.6. The largest absolute Gasteiger partial charge is 0.462 e. The van der Waals surface area contributed by atoms with Crippen LogP contribution in [0.3, 0.4) is 0 Å². The van der Waals surface area contributed by atoms with E-state index in [-0.39, 0.29) is 5.56 Å². The van der Waals surface area contributed by atoms with Crippen molar-refractivity contribution in [2.75, 3.05) is 13.2 Å². The van der Waals surface area contributed by atoms with Crippen molar-refractivity contribution in [2.24, 2.45) is 5.92 Å². The third-order valence-electron chi connectivity index (χ3n) is 5.51. The van der Waals surface area contributed by atoms with Gasteiger partial charge in [0.25, 0.3) is 0 Å². The molecule has 31 heavy (non-hydrogen) atoms. The van der Waals surface area contributed by atoms with Crippen LogP contribution in [0.2, 0.25) is 0 Å². The molecule has 0 unspecified atom stereocenters. The van der Waals surface area contributed by atoms with Gasteiger partial charge in [-0.1, -0.05) is 97.1 Å². The summed E-state index contributed by atoms with van der Waals surface area (Å²) in [7, 11) is 0. The summed E-state index contributed by atoms with van der Waals surface area (Å²) >= 11 is 0. The van der Waals surface area contributed by atoms with Gasteiger partial charge in [-0.15, -0.1) is 0 Å². The minimum atomic E-state index is -0.453. The van der Waals surface area contributed by atoms with E-state index in [9.17, 15) is 9.59 Å². The van der Waals surface area contributed by atoms with Gasteiger partial charge in [-0.2, -0.15) is 0 Å². The lowest BCUT2D eigenvalue weighted by molar-refractivity contribution is 0.0449. The lowest BCUT2D eigenvalue weighted by Gasteiger charge is -2.10. The second kappa shape index (κ2) is 17.8. The highest BCUT2D eigenvalue weighted by Gasteiger charge is 2.18. The Morgan fingerprint density at radius 1 is 0.677 bits per heavy atom. The van der Waals surface area contributed by atoms with Gasteiger partial charge in [0.2, 0.25) is 0 Å². The highest BCUT2D eigenvalue weighted by atomic mass is 16.5. The number of carbonyl (C=O) groups excluding carboxylic acids is 2. The second-order valence-corrected chi connectivity index (χ2v) is 8.89. The van der Waals surface area contributed by atoms with Crippen LogP contribution in [0.1, 0.15) is 125 Å². The van der Waals surface area contributed by atoms with Crippen molar-refractivity contribution in [2.45, 2.75) is 104 Å². The lowest BCUT2D eigenvalue weighted by Crippen LogP contribution is -2.15. The summed E-state index contributed by atoms with van der Waals surface area (Å²) in [6, 6.07) is 6.75. The van der Waals surface area contributed by atoms with Gasteiger partial charge in [-0.05, 0) is 37.3 Å². The molecule has 4 nitrogen and oxygen atoms in total. The smallest absolute Gasteiger partial charge is 0.339 e. The van der Waals surface area contributed by atoms with Gasteiger partial charge in [-0.3, -0.25) is 0 Å². The normalized spacial score (nSPS) is 11.0. The number of hydrogen-bond donors (Lipinski definition) is 0. The van der Waals surface area contributed by atoms with Crippen LogP contribution in [-0.4, -0.2) is 25.2 Å². The first kappa shape index (κ1) is 27.2. The molecule has 0 bridgehead atoms. The predicted octanol–water partition coefficient (Wildman–Crippen LogP) is 7.75. The summed E-state index contributed by atoms with van der Waals surface area (Å²) in [5.74, 6) is -0.315. The fourth-order valence-corrected chi connectivity index (χ4v) is 3.58. The topological polar surface area (TPSA) is 52.6 Å². The van der Waals surface area contributed by atoms with E-state index in [1.807, 2.05) is 0 Å². The molecule has 0 spiro atoms. The second-order valence-electron chi connectivity index (χ2n) is 8.89. The van der Waals surface area contributed by atoms with Crippen molar-refractivity contribution in [3.05, 3.63) is 35.4 Å².